The van der Waals surface area contributed by atoms with Gasteiger partial charge in [0.2, 0.25) is 0 Å². The quantitative estimate of drug-likeness (QED) is 0.443. The molecule has 5 N–H and O–H groups in total. The Kier molecular flexibility index (Phi) is 5.64. The summed E-state index contributed by atoms with van der Waals surface area (Å²) in [6.07, 6.45) is 4.07. The molecule has 1 saturated heterocycles. The largest absolute Gasteiger partial charge is 0.367 e. The molecule has 2 aromatic rings. The molecule has 164 valence electrons. The van der Waals surface area contributed by atoms with Gasteiger partial charge in [-0.15, -0.1) is 0 Å². The zero-order valence-corrected chi connectivity index (χ0v) is 18.2. The number of H-pyrrole nitrogens is 1. The van der Waals surface area contributed by atoms with Crippen molar-refractivity contribution in [2.75, 3.05) is 26.2 Å². The SMILES string of the molecule is Fc1ccc(Cl)c(CN2CCNC3=C2C=C(c2n[nH]c(C4CCNCC4)n2)NN3)c1Cl. The van der Waals surface area contributed by atoms with Crippen LogP contribution >= 0.6 is 23.2 Å². The lowest BCUT2D eigenvalue weighted by atomic mass is 9.98. The molecule has 0 aliphatic carbocycles. The highest BCUT2D eigenvalue weighted by molar-refractivity contribution is 6.36. The number of halogens is 3. The monoisotopic (exact) mass is 464 g/mol. The van der Waals surface area contributed by atoms with Crippen LogP contribution < -0.4 is 21.5 Å². The molecule has 1 aromatic heterocycles. The van der Waals surface area contributed by atoms with Crippen molar-refractivity contribution < 1.29 is 4.39 Å². The first-order chi connectivity index (χ1) is 15.1. The van der Waals surface area contributed by atoms with Crippen molar-refractivity contribution in [3.8, 4) is 0 Å². The van der Waals surface area contributed by atoms with Crippen molar-refractivity contribution in [1.29, 1.82) is 0 Å². The third kappa shape index (κ3) is 4.05. The first-order valence-electron chi connectivity index (χ1n) is 10.3. The van der Waals surface area contributed by atoms with Crippen molar-refractivity contribution >= 4 is 28.9 Å². The van der Waals surface area contributed by atoms with E-state index in [1.54, 1.807) is 0 Å². The summed E-state index contributed by atoms with van der Waals surface area (Å²) in [6, 6.07) is 2.82. The van der Waals surface area contributed by atoms with E-state index < -0.39 is 5.82 Å². The third-order valence-electron chi connectivity index (χ3n) is 5.84. The summed E-state index contributed by atoms with van der Waals surface area (Å²) in [7, 11) is 0. The van der Waals surface area contributed by atoms with E-state index in [1.165, 1.54) is 12.1 Å². The molecule has 1 fully saturated rings. The average Bonchev–Trinajstić information content (AvgIpc) is 3.30. The number of piperidine rings is 1. The van der Waals surface area contributed by atoms with E-state index in [9.17, 15) is 4.39 Å². The van der Waals surface area contributed by atoms with Crippen LogP contribution in [0.25, 0.3) is 5.70 Å². The number of rotatable bonds is 4. The lowest BCUT2D eigenvalue weighted by Crippen LogP contribution is -2.48. The van der Waals surface area contributed by atoms with E-state index in [0.717, 1.165) is 55.5 Å². The molecular formula is C20H23Cl2FN8. The Labute approximate surface area is 189 Å². The molecule has 4 heterocycles. The minimum atomic E-state index is -0.476. The van der Waals surface area contributed by atoms with Gasteiger partial charge in [0, 0.05) is 36.1 Å². The maximum atomic E-state index is 14.0. The molecule has 1 aromatic carbocycles. The molecule has 5 rings (SSSR count). The Morgan fingerprint density at radius 1 is 1.13 bits per heavy atom. The second-order valence-corrected chi connectivity index (χ2v) is 8.59. The molecule has 31 heavy (non-hydrogen) atoms. The maximum Gasteiger partial charge on any atom is 0.199 e. The van der Waals surface area contributed by atoms with Gasteiger partial charge in [-0.05, 0) is 44.1 Å². The van der Waals surface area contributed by atoms with Gasteiger partial charge in [0.15, 0.2) is 5.82 Å². The van der Waals surface area contributed by atoms with Gasteiger partial charge in [-0.25, -0.2) is 9.37 Å². The lowest BCUT2D eigenvalue weighted by Gasteiger charge is -2.36. The van der Waals surface area contributed by atoms with Crippen LogP contribution in [0.3, 0.4) is 0 Å². The molecule has 0 spiro atoms. The summed E-state index contributed by atoms with van der Waals surface area (Å²) in [4.78, 5) is 6.83. The molecule has 3 aliphatic rings. The minimum absolute atomic E-state index is 0.0554. The summed E-state index contributed by atoms with van der Waals surface area (Å²) in [5.74, 6) is 2.25. The van der Waals surface area contributed by atoms with Crippen LogP contribution in [0.2, 0.25) is 10.0 Å². The zero-order chi connectivity index (χ0) is 21.4. The molecule has 0 bridgehead atoms. The number of hydrazine groups is 1. The average molecular weight is 465 g/mol. The Morgan fingerprint density at radius 3 is 2.81 bits per heavy atom. The fraction of sp³-hybridized carbons (Fsp3) is 0.400. The van der Waals surface area contributed by atoms with E-state index in [4.69, 9.17) is 28.2 Å². The van der Waals surface area contributed by atoms with Gasteiger partial charge in [-0.2, -0.15) is 5.10 Å². The topological polar surface area (TPSA) is 92.9 Å². The van der Waals surface area contributed by atoms with Gasteiger partial charge >= 0.3 is 0 Å². The molecule has 0 radical (unpaired) electrons. The third-order valence-corrected chi connectivity index (χ3v) is 6.60. The van der Waals surface area contributed by atoms with Crippen LogP contribution in [0.1, 0.15) is 36.0 Å². The van der Waals surface area contributed by atoms with Crippen molar-refractivity contribution in [3.63, 3.8) is 0 Å². The van der Waals surface area contributed by atoms with Crippen LogP contribution in [0, 0.1) is 5.82 Å². The summed E-state index contributed by atoms with van der Waals surface area (Å²) in [5, 5.41) is 14.7. The molecule has 0 amide bonds. The minimum Gasteiger partial charge on any atom is -0.367 e. The predicted octanol–water partition coefficient (Wildman–Crippen LogP) is 2.44. The molecule has 11 heteroatoms. The summed E-state index contributed by atoms with van der Waals surface area (Å²) >= 11 is 12.5. The van der Waals surface area contributed by atoms with Gasteiger partial charge < -0.3 is 15.5 Å². The van der Waals surface area contributed by atoms with E-state index in [0.29, 0.717) is 35.4 Å². The normalized spacial score (nSPS) is 19.3. The number of nitrogens with one attached hydrogen (secondary N) is 5. The molecule has 8 nitrogen and oxygen atoms in total. The fourth-order valence-corrected chi connectivity index (χ4v) is 4.61. The number of hydrogen-bond donors (Lipinski definition) is 5. The van der Waals surface area contributed by atoms with Gasteiger partial charge in [-0.1, -0.05) is 23.2 Å². The van der Waals surface area contributed by atoms with E-state index in [1.807, 2.05) is 6.08 Å². The van der Waals surface area contributed by atoms with Crippen LogP contribution in [0.5, 0.6) is 0 Å². The van der Waals surface area contributed by atoms with E-state index in [-0.39, 0.29) is 5.02 Å². The number of nitrogens with zero attached hydrogens (tertiary/aromatic N) is 3. The highest BCUT2D eigenvalue weighted by Gasteiger charge is 2.26. The van der Waals surface area contributed by atoms with Crippen molar-refractivity contribution in [3.05, 3.63) is 62.8 Å². The first-order valence-corrected chi connectivity index (χ1v) is 11.1. The lowest BCUT2D eigenvalue weighted by molar-refractivity contribution is 0.309. The van der Waals surface area contributed by atoms with E-state index >= 15 is 0 Å². The van der Waals surface area contributed by atoms with Crippen LogP contribution in [0.4, 0.5) is 4.39 Å². The first kappa shape index (κ1) is 20.4. The number of hydrogen-bond acceptors (Lipinski definition) is 7. The summed E-state index contributed by atoms with van der Waals surface area (Å²) in [6.45, 7) is 3.80. The van der Waals surface area contributed by atoms with Crippen molar-refractivity contribution in [2.45, 2.75) is 25.3 Å². The Morgan fingerprint density at radius 2 is 1.97 bits per heavy atom. The number of aromatic nitrogens is 3. The highest BCUT2D eigenvalue weighted by atomic mass is 35.5. The Balaban J connectivity index is 1.41. The zero-order valence-electron chi connectivity index (χ0n) is 16.7. The Bertz CT molecular complexity index is 1040. The van der Waals surface area contributed by atoms with Gasteiger partial charge in [-0.3, -0.25) is 16.0 Å². The standard InChI is InChI=1S/C20H23Cl2FN8/c21-13-1-2-14(23)17(22)12(13)10-31-8-7-25-20-16(31)9-15(27-30-20)19-26-18(28-29-19)11-3-5-24-6-4-11/h1-2,9,11,24-25,27,30H,3-8,10H2,(H,26,28,29). The van der Waals surface area contributed by atoms with Gasteiger partial charge in [0.05, 0.1) is 10.7 Å². The molecule has 0 atom stereocenters. The second-order valence-electron chi connectivity index (χ2n) is 7.81. The van der Waals surface area contributed by atoms with Crippen molar-refractivity contribution in [2.24, 2.45) is 0 Å². The predicted molar refractivity (Wildman–Crippen MR) is 117 cm³/mol. The van der Waals surface area contributed by atoms with Gasteiger partial charge in [0.25, 0.3) is 0 Å². The molecule has 0 saturated carbocycles. The molecule has 0 unspecified atom stereocenters. The van der Waals surface area contributed by atoms with Crippen LogP contribution in [0.15, 0.2) is 29.7 Å². The number of benzene rings is 1. The smallest absolute Gasteiger partial charge is 0.199 e. The van der Waals surface area contributed by atoms with Crippen molar-refractivity contribution in [1.82, 2.24) is 41.6 Å². The maximum absolute atomic E-state index is 14.0. The fourth-order valence-electron chi connectivity index (χ4n) is 4.12. The van der Waals surface area contributed by atoms with Crippen LogP contribution in [-0.4, -0.2) is 46.3 Å². The number of allylic oxidation sites excluding steroid dienone is 1. The number of aromatic amines is 1. The Hall–Kier alpha value is -2.49. The summed E-state index contributed by atoms with van der Waals surface area (Å²) < 4.78 is 14.0. The van der Waals surface area contributed by atoms with Gasteiger partial charge in [0.1, 0.15) is 23.2 Å². The highest BCUT2D eigenvalue weighted by Crippen LogP contribution is 2.31. The summed E-state index contributed by atoms with van der Waals surface area (Å²) in [5.41, 5.74) is 8.56. The molecular weight excluding hydrogens is 442 g/mol. The molecule has 3 aliphatic heterocycles. The van der Waals surface area contributed by atoms with E-state index in [2.05, 4.69) is 36.6 Å². The van der Waals surface area contributed by atoms with Crippen LogP contribution in [-0.2, 0) is 6.54 Å². The second kappa shape index (κ2) is 8.57.